The van der Waals surface area contributed by atoms with E-state index >= 15 is 0 Å². The number of unbranched alkanes of at least 4 members (excludes halogenated alkanes) is 1. The van der Waals surface area contributed by atoms with Gasteiger partial charge in [-0.05, 0) is 30.4 Å². The summed E-state index contributed by atoms with van der Waals surface area (Å²) < 4.78 is 5.05. The average Bonchev–Trinajstić information content (AvgIpc) is 2.88. The quantitative estimate of drug-likeness (QED) is 0.673. The maximum absolute atomic E-state index is 11.5. The number of urea groups is 1. The predicted molar refractivity (Wildman–Crippen MR) is 78.4 cm³/mol. The fourth-order valence-corrected chi connectivity index (χ4v) is 1.82. The van der Waals surface area contributed by atoms with Crippen LogP contribution in [0.15, 0.2) is 22.8 Å². The predicted octanol–water partition coefficient (Wildman–Crippen LogP) is 2.83. The lowest BCUT2D eigenvalue weighted by Gasteiger charge is -2.17. The molecule has 0 saturated heterocycles. The highest BCUT2D eigenvalue weighted by Gasteiger charge is 2.12. The molecule has 0 aromatic carbocycles. The number of carbonyl (C=O) groups excluding carboxylic acids is 1. The highest BCUT2D eigenvalue weighted by Crippen LogP contribution is 2.21. The van der Waals surface area contributed by atoms with Crippen LogP contribution < -0.4 is 10.6 Å². The summed E-state index contributed by atoms with van der Waals surface area (Å²) in [4.78, 5) is 11.5. The summed E-state index contributed by atoms with van der Waals surface area (Å²) in [6.07, 6.45) is 3.89. The first-order valence-electron chi connectivity index (χ1n) is 7.12. The number of aliphatic hydroxyl groups excluding tert-OH is 1. The van der Waals surface area contributed by atoms with Crippen molar-refractivity contribution in [2.45, 2.75) is 46.1 Å². The van der Waals surface area contributed by atoms with Crippen molar-refractivity contribution < 1.29 is 14.3 Å². The summed E-state index contributed by atoms with van der Waals surface area (Å²) >= 11 is 0. The monoisotopic (exact) mass is 282 g/mol. The van der Waals surface area contributed by atoms with Crippen LogP contribution in [0.25, 0.3) is 0 Å². The molecule has 0 saturated carbocycles. The first kappa shape index (κ1) is 16.6. The molecule has 20 heavy (non-hydrogen) atoms. The van der Waals surface area contributed by atoms with Crippen molar-refractivity contribution in [3.63, 3.8) is 0 Å². The van der Waals surface area contributed by atoms with Crippen LogP contribution in [-0.4, -0.2) is 24.2 Å². The minimum atomic E-state index is -0.809. The van der Waals surface area contributed by atoms with Crippen molar-refractivity contribution >= 4 is 6.03 Å². The molecule has 1 aromatic rings. The molecule has 5 heteroatoms. The normalized spacial score (nSPS) is 13.0. The van der Waals surface area contributed by atoms with E-state index < -0.39 is 6.10 Å². The molecule has 1 unspecified atom stereocenters. The second-order valence-electron chi connectivity index (χ2n) is 6.19. The zero-order chi connectivity index (χ0) is 15.0. The topological polar surface area (TPSA) is 74.5 Å². The first-order valence-corrected chi connectivity index (χ1v) is 7.12. The van der Waals surface area contributed by atoms with Crippen LogP contribution in [0.4, 0.5) is 4.79 Å². The second-order valence-corrected chi connectivity index (χ2v) is 6.19. The van der Waals surface area contributed by atoms with Crippen molar-refractivity contribution in [2.24, 2.45) is 5.41 Å². The second kappa shape index (κ2) is 7.94. The van der Waals surface area contributed by atoms with Gasteiger partial charge in [0, 0.05) is 6.54 Å². The highest BCUT2D eigenvalue weighted by atomic mass is 16.4. The molecule has 1 heterocycles. The number of carbonyl (C=O) groups is 1. The minimum Gasteiger partial charge on any atom is -0.467 e. The van der Waals surface area contributed by atoms with Crippen LogP contribution in [0, 0.1) is 5.41 Å². The Labute approximate surface area is 120 Å². The Bertz CT molecular complexity index is 382. The van der Waals surface area contributed by atoms with Gasteiger partial charge in [-0.25, -0.2) is 4.79 Å². The van der Waals surface area contributed by atoms with E-state index in [1.54, 1.807) is 12.1 Å². The van der Waals surface area contributed by atoms with E-state index in [1.165, 1.54) is 6.26 Å². The Balaban J connectivity index is 2.06. The van der Waals surface area contributed by atoms with Gasteiger partial charge in [-0.15, -0.1) is 0 Å². The van der Waals surface area contributed by atoms with E-state index in [4.69, 9.17) is 4.42 Å². The molecular weight excluding hydrogens is 256 g/mol. The molecule has 1 atom stereocenters. The van der Waals surface area contributed by atoms with Gasteiger partial charge in [-0.3, -0.25) is 0 Å². The van der Waals surface area contributed by atoms with Gasteiger partial charge in [-0.1, -0.05) is 27.2 Å². The Morgan fingerprint density at radius 2 is 2.10 bits per heavy atom. The van der Waals surface area contributed by atoms with E-state index in [9.17, 15) is 9.90 Å². The molecular formula is C15H26N2O3. The SMILES string of the molecule is CC(C)(C)CCCCNC(=O)NCC(O)c1ccco1. The fourth-order valence-electron chi connectivity index (χ4n) is 1.82. The Morgan fingerprint density at radius 3 is 2.70 bits per heavy atom. The molecule has 1 rings (SSSR count). The maximum Gasteiger partial charge on any atom is 0.314 e. The number of hydrogen-bond acceptors (Lipinski definition) is 3. The van der Waals surface area contributed by atoms with Gasteiger partial charge in [0.1, 0.15) is 11.9 Å². The Morgan fingerprint density at radius 1 is 1.35 bits per heavy atom. The third-order valence-corrected chi connectivity index (χ3v) is 2.97. The van der Waals surface area contributed by atoms with E-state index in [0.29, 0.717) is 17.7 Å². The van der Waals surface area contributed by atoms with Crippen LogP contribution >= 0.6 is 0 Å². The van der Waals surface area contributed by atoms with Crippen LogP contribution in [0.5, 0.6) is 0 Å². The zero-order valence-electron chi connectivity index (χ0n) is 12.6. The van der Waals surface area contributed by atoms with Crippen molar-refractivity contribution in [3.8, 4) is 0 Å². The van der Waals surface area contributed by atoms with Crippen molar-refractivity contribution in [1.29, 1.82) is 0 Å². The number of rotatable bonds is 7. The van der Waals surface area contributed by atoms with Gasteiger partial charge < -0.3 is 20.2 Å². The Kier molecular flexibility index (Phi) is 6.58. The molecule has 0 bridgehead atoms. The summed E-state index contributed by atoms with van der Waals surface area (Å²) in [7, 11) is 0. The Hall–Kier alpha value is -1.49. The van der Waals surface area contributed by atoms with Crippen LogP contribution in [0.1, 0.15) is 51.9 Å². The van der Waals surface area contributed by atoms with Crippen molar-refractivity contribution in [3.05, 3.63) is 24.2 Å². The molecule has 2 amide bonds. The molecule has 0 aliphatic carbocycles. The number of amides is 2. The number of furan rings is 1. The number of hydrogen-bond donors (Lipinski definition) is 3. The minimum absolute atomic E-state index is 0.140. The summed E-state index contributed by atoms with van der Waals surface area (Å²) in [5.41, 5.74) is 0.343. The maximum atomic E-state index is 11.5. The first-order chi connectivity index (χ1) is 9.38. The van der Waals surface area contributed by atoms with E-state index in [2.05, 4.69) is 31.4 Å². The van der Waals surface area contributed by atoms with Crippen LogP contribution in [0.2, 0.25) is 0 Å². The molecule has 0 spiro atoms. The van der Waals surface area contributed by atoms with Crippen molar-refractivity contribution in [1.82, 2.24) is 10.6 Å². The molecule has 0 aliphatic heterocycles. The largest absolute Gasteiger partial charge is 0.467 e. The summed E-state index contributed by atoms with van der Waals surface area (Å²) in [5, 5.41) is 15.1. The standard InChI is InChI=1S/C15H26N2O3/c1-15(2,3)8-4-5-9-16-14(19)17-11-12(18)13-7-6-10-20-13/h6-7,10,12,18H,4-5,8-9,11H2,1-3H3,(H2,16,17,19). The lowest BCUT2D eigenvalue weighted by molar-refractivity contribution is 0.148. The smallest absolute Gasteiger partial charge is 0.314 e. The molecule has 114 valence electrons. The van der Waals surface area contributed by atoms with Gasteiger partial charge in [0.2, 0.25) is 0 Å². The summed E-state index contributed by atoms with van der Waals surface area (Å²) in [5.74, 6) is 0.454. The number of aliphatic hydroxyl groups is 1. The number of nitrogens with one attached hydrogen (secondary N) is 2. The third kappa shape index (κ3) is 7.19. The highest BCUT2D eigenvalue weighted by molar-refractivity contribution is 5.73. The van der Waals surface area contributed by atoms with Gasteiger partial charge >= 0.3 is 6.03 Å². The molecule has 5 nitrogen and oxygen atoms in total. The molecule has 3 N–H and O–H groups in total. The summed E-state index contributed by atoms with van der Waals surface area (Å²) in [6, 6.07) is 3.12. The molecule has 0 aliphatic rings. The zero-order valence-corrected chi connectivity index (χ0v) is 12.6. The molecule has 1 aromatic heterocycles. The van der Waals surface area contributed by atoms with Gasteiger partial charge in [-0.2, -0.15) is 0 Å². The van der Waals surface area contributed by atoms with Crippen LogP contribution in [-0.2, 0) is 0 Å². The third-order valence-electron chi connectivity index (χ3n) is 2.97. The lowest BCUT2D eigenvalue weighted by atomic mass is 9.90. The van der Waals surface area contributed by atoms with E-state index in [0.717, 1.165) is 19.3 Å². The van der Waals surface area contributed by atoms with Gasteiger partial charge in [0.15, 0.2) is 0 Å². The van der Waals surface area contributed by atoms with Crippen molar-refractivity contribution in [2.75, 3.05) is 13.1 Å². The van der Waals surface area contributed by atoms with E-state index in [1.807, 2.05) is 0 Å². The lowest BCUT2D eigenvalue weighted by Crippen LogP contribution is -2.38. The van der Waals surface area contributed by atoms with E-state index in [-0.39, 0.29) is 12.6 Å². The molecule has 0 fully saturated rings. The van der Waals surface area contributed by atoms with Gasteiger partial charge in [0.25, 0.3) is 0 Å². The molecule has 0 radical (unpaired) electrons. The van der Waals surface area contributed by atoms with Crippen LogP contribution in [0.3, 0.4) is 0 Å². The fraction of sp³-hybridized carbons (Fsp3) is 0.667. The average molecular weight is 282 g/mol. The van der Waals surface area contributed by atoms with Gasteiger partial charge in [0.05, 0.1) is 12.8 Å². The summed E-state index contributed by atoms with van der Waals surface area (Å²) in [6.45, 7) is 7.43.